The molecule has 0 bridgehead atoms. The summed E-state index contributed by atoms with van der Waals surface area (Å²) < 4.78 is 5.75. The molecule has 1 atom stereocenters. The molecular weight excluding hydrogens is 450 g/mol. The molecule has 0 aliphatic rings. The van der Waals surface area contributed by atoms with Gasteiger partial charge in [0.05, 0.1) is 6.61 Å². The second-order valence-corrected chi connectivity index (χ2v) is 8.26. The molecule has 0 spiro atoms. The number of hydrogen-bond donors (Lipinski definition) is 5. The van der Waals surface area contributed by atoms with E-state index in [0.29, 0.717) is 50.3 Å². The molecule has 2 aromatic carbocycles. The lowest BCUT2D eigenvalue weighted by Gasteiger charge is -2.15. The minimum atomic E-state index is -0.882. The van der Waals surface area contributed by atoms with Gasteiger partial charge in [-0.1, -0.05) is 49.2 Å². The number of aliphatic carboxylic acids is 1. The fraction of sp³-hybridized carbons (Fsp3) is 0.423. The Balaban J connectivity index is 1.63. The number of amides is 2. The van der Waals surface area contributed by atoms with Crippen LogP contribution in [0.1, 0.15) is 50.5 Å². The van der Waals surface area contributed by atoms with Crippen molar-refractivity contribution in [3.63, 3.8) is 0 Å². The van der Waals surface area contributed by atoms with Crippen LogP contribution in [0.25, 0.3) is 0 Å². The summed E-state index contributed by atoms with van der Waals surface area (Å²) >= 11 is 0. The molecule has 0 heterocycles. The summed E-state index contributed by atoms with van der Waals surface area (Å²) in [6.45, 7) is 0.918. The number of unbranched alkanes of at least 4 members (excludes halogenated alkanes) is 3. The number of nitrogens with one attached hydrogen (secondary N) is 3. The van der Waals surface area contributed by atoms with Crippen LogP contribution in [-0.4, -0.2) is 47.3 Å². The first-order chi connectivity index (χ1) is 17.0. The zero-order valence-corrected chi connectivity index (χ0v) is 19.9. The Hall–Kier alpha value is -3.43. The van der Waals surface area contributed by atoms with Crippen LogP contribution in [0.4, 0.5) is 5.69 Å². The summed E-state index contributed by atoms with van der Waals surface area (Å²) in [7, 11) is 0. The number of carbonyl (C=O) groups is 3. The van der Waals surface area contributed by atoms with Gasteiger partial charge in [-0.3, -0.25) is 19.6 Å². The van der Waals surface area contributed by atoms with Gasteiger partial charge in [-0.2, -0.15) is 0 Å². The Morgan fingerprint density at radius 1 is 0.857 bits per heavy atom. The molecule has 9 heteroatoms. The van der Waals surface area contributed by atoms with Gasteiger partial charge in [0.15, 0.2) is 0 Å². The van der Waals surface area contributed by atoms with E-state index in [0.717, 1.165) is 24.8 Å². The highest BCUT2D eigenvalue weighted by atomic mass is 16.5. The van der Waals surface area contributed by atoms with Crippen molar-refractivity contribution in [1.82, 2.24) is 10.8 Å². The van der Waals surface area contributed by atoms with Gasteiger partial charge in [-0.15, -0.1) is 0 Å². The highest BCUT2D eigenvalue weighted by molar-refractivity contribution is 5.90. The van der Waals surface area contributed by atoms with E-state index in [9.17, 15) is 19.5 Å². The minimum absolute atomic E-state index is 0.0856. The van der Waals surface area contributed by atoms with Gasteiger partial charge < -0.3 is 20.5 Å². The molecule has 0 fully saturated rings. The first-order valence-corrected chi connectivity index (χ1v) is 11.9. The van der Waals surface area contributed by atoms with Crippen LogP contribution < -0.4 is 20.9 Å². The van der Waals surface area contributed by atoms with E-state index in [1.54, 1.807) is 29.7 Å². The van der Waals surface area contributed by atoms with E-state index in [4.69, 9.17) is 9.94 Å². The zero-order valence-electron chi connectivity index (χ0n) is 19.9. The molecule has 0 aliphatic carbocycles. The summed E-state index contributed by atoms with van der Waals surface area (Å²) in [6.07, 6.45) is 4.75. The summed E-state index contributed by atoms with van der Waals surface area (Å²) in [5.74, 6) is -0.734. The Morgan fingerprint density at radius 3 is 2.26 bits per heavy atom. The first kappa shape index (κ1) is 27.8. The van der Waals surface area contributed by atoms with Gasteiger partial charge in [0.1, 0.15) is 11.8 Å². The molecule has 0 saturated carbocycles. The van der Waals surface area contributed by atoms with Gasteiger partial charge in [0.25, 0.3) is 0 Å². The molecule has 1 unspecified atom stereocenters. The maximum Gasteiger partial charge on any atom is 0.321 e. The number of carboxylic acids is 1. The van der Waals surface area contributed by atoms with Crippen molar-refractivity contribution in [2.45, 2.75) is 57.4 Å². The van der Waals surface area contributed by atoms with Gasteiger partial charge in [0, 0.05) is 24.6 Å². The number of hydroxylamine groups is 1. The fourth-order valence-corrected chi connectivity index (χ4v) is 3.50. The van der Waals surface area contributed by atoms with Crippen LogP contribution in [-0.2, 0) is 20.8 Å². The number of hydrogen-bond acceptors (Lipinski definition) is 6. The van der Waals surface area contributed by atoms with Crippen molar-refractivity contribution in [2.24, 2.45) is 0 Å². The standard InChI is InChI=1S/C26H35N3O6/c30-24(14-6-1-2-7-15-25(31)29-34)28-21-12-8-13-22(19-21)35-17-9-16-27-23(26(32)33)18-20-10-4-3-5-11-20/h3-5,8,10-13,19,23,27,34H,1-2,6-7,9,14-18H2,(H,28,30)(H,29,31)(H,32,33). The second kappa shape index (κ2) is 16.2. The molecule has 0 radical (unpaired) electrons. The molecule has 0 aliphatic heterocycles. The third-order valence-electron chi connectivity index (χ3n) is 5.36. The van der Waals surface area contributed by atoms with E-state index in [1.807, 2.05) is 30.3 Å². The first-order valence-electron chi connectivity index (χ1n) is 11.9. The van der Waals surface area contributed by atoms with Crippen LogP contribution in [0.5, 0.6) is 5.75 Å². The van der Waals surface area contributed by atoms with E-state index in [-0.39, 0.29) is 12.3 Å². The number of anilines is 1. The topological polar surface area (TPSA) is 137 Å². The van der Waals surface area contributed by atoms with Gasteiger partial charge in [-0.25, -0.2) is 5.48 Å². The highest BCUT2D eigenvalue weighted by Crippen LogP contribution is 2.18. The van der Waals surface area contributed by atoms with Gasteiger partial charge in [-0.05, 0) is 49.9 Å². The zero-order chi connectivity index (χ0) is 25.3. The maximum atomic E-state index is 12.2. The third-order valence-corrected chi connectivity index (χ3v) is 5.36. The maximum absolute atomic E-state index is 12.2. The Kier molecular flexibility index (Phi) is 12.9. The number of ether oxygens (including phenoxy) is 1. The van der Waals surface area contributed by atoms with Crippen molar-refractivity contribution in [3.05, 3.63) is 60.2 Å². The number of carbonyl (C=O) groups excluding carboxylic acids is 2. The summed E-state index contributed by atoms with van der Waals surface area (Å²) in [6, 6.07) is 16.0. The molecule has 9 nitrogen and oxygen atoms in total. The number of rotatable bonds is 17. The van der Waals surface area contributed by atoms with Crippen molar-refractivity contribution in [1.29, 1.82) is 0 Å². The minimum Gasteiger partial charge on any atom is -0.493 e. The van der Waals surface area contributed by atoms with Crippen molar-refractivity contribution in [2.75, 3.05) is 18.5 Å². The second-order valence-electron chi connectivity index (χ2n) is 8.26. The van der Waals surface area contributed by atoms with Crippen LogP contribution in [0.15, 0.2) is 54.6 Å². The Bertz CT molecular complexity index is 922. The van der Waals surface area contributed by atoms with Crippen molar-refractivity contribution in [3.8, 4) is 5.75 Å². The predicted octanol–water partition coefficient (Wildman–Crippen LogP) is 3.53. The van der Waals surface area contributed by atoms with Gasteiger partial charge in [0.2, 0.25) is 11.8 Å². The summed E-state index contributed by atoms with van der Waals surface area (Å²) in [4.78, 5) is 34.6. The third kappa shape index (κ3) is 12.0. The molecule has 5 N–H and O–H groups in total. The van der Waals surface area contributed by atoms with Crippen LogP contribution in [0.2, 0.25) is 0 Å². The smallest absolute Gasteiger partial charge is 0.321 e. The average Bonchev–Trinajstić information content (AvgIpc) is 2.85. The molecule has 190 valence electrons. The lowest BCUT2D eigenvalue weighted by molar-refractivity contribution is -0.139. The van der Waals surface area contributed by atoms with E-state index in [2.05, 4.69) is 10.6 Å². The quantitative estimate of drug-likeness (QED) is 0.131. The SMILES string of the molecule is O=C(CCCCCCC(=O)Nc1cccc(OCCCNC(Cc2ccccc2)C(=O)O)c1)NO. The monoisotopic (exact) mass is 485 g/mol. The molecular formula is C26H35N3O6. The largest absolute Gasteiger partial charge is 0.493 e. The normalized spacial score (nSPS) is 11.5. The van der Waals surface area contributed by atoms with Crippen LogP contribution >= 0.6 is 0 Å². The summed E-state index contributed by atoms with van der Waals surface area (Å²) in [5, 5.41) is 23.8. The molecule has 2 rings (SSSR count). The Morgan fingerprint density at radius 2 is 1.57 bits per heavy atom. The van der Waals surface area contributed by atoms with Gasteiger partial charge >= 0.3 is 5.97 Å². The van der Waals surface area contributed by atoms with Crippen molar-refractivity contribution >= 4 is 23.5 Å². The fourth-order valence-electron chi connectivity index (χ4n) is 3.50. The molecule has 2 aromatic rings. The lowest BCUT2D eigenvalue weighted by Crippen LogP contribution is -2.39. The molecule has 35 heavy (non-hydrogen) atoms. The molecule has 2 amide bonds. The number of carboxylic acid groups (broad SMARTS) is 1. The summed E-state index contributed by atoms with van der Waals surface area (Å²) in [5.41, 5.74) is 3.22. The van der Waals surface area contributed by atoms with Crippen LogP contribution in [0, 0.1) is 0 Å². The highest BCUT2D eigenvalue weighted by Gasteiger charge is 2.16. The molecule has 0 saturated heterocycles. The van der Waals surface area contributed by atoms with E-state index >= 15 is 0 Å². The van der Waals surface area contributed by atoms with E-state index in [1.165, 1.54) is 0 Å². The Labute approximate surface area is 205 Å². The number of benzene rings is 2. The van der Waals surface area contributed by atoms with E-state index < -0.39 is 17.9 Å². The van der Waals surface area contributed by atoms with Crippen molar-refractivity contribution < 1.29 is 29.4 Å². The lowest BCUT2D eigenvalue weighted by atomic mass is 10.1. The average molecular weight is 486 g/mol. The molecule has 0 aromatic heterocycles. The van der Waals surface area contributed by atoms with Crippen LogP contribution in [0.3, 0.4) is 0 Å². The predicted molar refractivity (Wildman–Crippen MR) is 132 cm³/mol.